The van der Waals surface area contributed by atoms with E-state index < -0.39 is 0 Å². The molecular weight excluding hydrogens is 474 g/mol. The summed E-state index contributed by atoms with van der Waals surface area (Å²) in [5.41, 5.74) is 5.39. The van der Waals surface area contributed by atoms with Gasteiger partial charge in [-0.3, -0.25) is 14.7 Å². The largest absolute Gasteiger partial charge is 0.497 e. The minimum Gasteiger partial charge on any atom is -0.497 e. The number of halogens is 1. The van der Waals surface area contributed by atoms with Gasteiger partial charge in [-0.25, -0.2) is 0 Å². The number of pyridine rings is 1. The summed E-state index contributed by atoms with van der Waals surface area (Å²) in [5, 5.41) is 10.8. The molecule has 0 fully saturated rings. The van der Waals surface area contributed by atoms with Crippen LogP contribution in [0, 0.1) is 18.3 Å². The van der Waals surface area contributed by atoms with Crippen LogP contribution in [0.2, 0.25) is 5.02 Å². The first-order valence-electron chi connectivity index (χ1n) is 11.7. The fourth-order valence-corrected chi connectivity index (χ4v) is 4.66. The third-order valence-corrected chi connectivity index (χ3v) is 6.47. The number of rotatable bonds is 10. The van der Waals surface area contributed by atoms with Gasteiger partial charge in [0.25, 0.3) is 0 Å². The highest BCUT2D eigenvalue weighted by atomic mass is 35.5. The van der Waals surface area contributed by atoms with E-state index in [1.807, 2.05) is 56.4 Å². The number of benzene rings is 2. The predicted molar refractivity (Wildman–Crippen MR) is 144 cm³/mol. The van der Waals surface area contributed by atoms with E-state index in [9.17, 15) is 4.79 Å². The molecule has 2 aromatic carbocycles. The number of nitrogens with zero attached hydrogens (tertiary/aromatic N) is 5. The normalized spacial score (nSPS) is 10.8. The van der Waals surface area contributed by atoms with Crippen LogP contribution >= 0.6 is 11.6 Å². The van der Waals surface area contributed by atoms with Crippen molar-refractivity contribution in [1.82, 2.24) is 9.55 Å². The van der Waals surface area contributed by atoms with Crippen LogP contribution in [0.5, 0.6) is 5.75 Å². The molecule has 4 rings (SSSR count). The topological polar surface area (TPSA) is 74.4 Å². The molecule has 36 heavy (non-hydrogen) atoms. The van der Waals surface area contributed by atoms with Crippen LogP contribution in [0.15, 0.2) is 60.9 Å². The maximum atomic E-state index is 12.3. The molecule has 0 saturated heterocycles. The van der Waals surface area contributed by atoms with E-state index in [0.717, 1.165) is 64.3 Å². The lowest BCUT2D eigenvalue weighted by Gasteiger charge is -2.28. The van der Waals surface area contributed by atoms with Crippen LogP contribution in [-0.2, 0) is 17.9 Å². The molecule has 0 aliphatic rings. The van der Waals surface area contributed by atoms with Crippen molar-refractivity contribution < 1.29 is 9.53 Å². The number of aryl methyl sites for hydroxylation is 2. The lowest BCUT2D eigenvalue weighted by molar-refractivity contribution is -0.106. The van der Waals surface area contributed by atoms with Gasteiger partial charge in [0.2, 0.25) is 6.41 Å². The van der Waals surface area contributed by atoms with Gasteiger partial charge in [-0.05, 0) is 67.4 Å². The Bertz CT molecular complexity index is 1430. The van der Waals surface area contributed by atoms with Crippen molar-refractivity contribution in [2.45, 2.75) is 32.9 Å². The lowest BCUT2D eigenvalue weighted by Crippen LogP contribution is -2.23. The van der Waals surface area contributed by atoms with E-state index in [-0.39, 0.29) is 0 Å². The molecule has 2 heterocycles. The third kappa shape index (κ3) is 5.14. The minimum atomic E-state index is 0.491. The Balaban J connectivity index is 1.70. The third-order valence-electron chi connectivity index (χ3n) is 6.24. The molecule has 2 aromatic heterocycles. The van der Waals surface area contributed by atoms with E-state index in [0.29, 0.717) is 18.0 Å². The standard InChI is InChI=1S/C28H28ClN5O2/c1-20-14-24(36-3)7-9-25(20)34(19-35)27-10-12-31-17-28(27)32(2)18-23-16-21-15-22(29)6-8-26(21)33(23)13-5-4-11-30/h6-10,12,14-17,19H,4-5,13,18H2,1-3H3. The molecule has 0 spiro atoms. The van der Waals surface area contributed by atoms with E-state index in [2.05, 4.69) is 26.6 Å². The predicted octanol–water partition coefficient (Wildman–Crippen LogP) is 6.24. The molecule has 184 valence electrons. The van der Waals surface area contributed by atoms with E-state index in [1.165, 1.54) is 0 Å². The highest BCUT2D eigenvalue weighted by Gasteiger charge is 2.19. The smallest absolute Gasteiger partial charge is 0.218 e. The molecule has 0 N–H and O–H groups in total. The van der Waals surface area contributed by atoms with Crippen LogP contribution in [0.25, 0.3) is 10.9 Å². The highest BCUT2D eigenvalue weighted by Crippen LogP contribution is 2.36. The molecule has 0 aliphatic heterocycles. The Morgan fingerprint density at radius 1 is 1.14 bits per heavy atom. The zero-order chi connectivity index (χ0) is 25.7. The Morgan fingerprint density at radius 3 is 2.69 bits per heavy atom. The fourth-order valence-electron chi connectivity index (χ4n) is 4.48. The monoisotopic (exact) mass is 501 g/mol. The molecule has 0 bridgehead atoms. The number of fused-ring (bicyclic) bond motifs is 1. The van der Waals surface area contributed by atoms with Gasteiger partial charge in [-0.2, -0.15) is 5.26 Å². The molecule has 0 radical (unpaired) electrons. The maximum absolute atomic E-state index is 12.3. The maximum Gasteiger partial charge on any atom is 0.218 e. The Morgan fingerprint density at radius 2 is 1.97 bits per heavy atom. The second kappa shape index (κ2) is 11.1. The van der Waals surface area contributed by atoms with Gasteiger partial charge in [-0.1, -0.05) is 11.6 Å². The van der Waals surface area contributed by atoms with Gasteiger partial charge in [-0.15, -0.1) is 0 Å². The van der Waals surface area contributed by atoms with Gasteiger partial charge in [0.1, 0.15) is 5.75 Å². The highest BCUT2D eigenvalue weighted by molar-refractivity contribution is 6.31. The molecule has 8 heteroatoms. The number of anilines is 3. The molecule has 0 unspecified atom stereocenters. The molecule has 1 amide bonds. The van der Waals surface area contributed by atoms with Gasteiger partial charge in [0, 0.05) is 47.8 Å². The number of carbonyl (C=O) groups excluding carboxylic acids is 1. The number of amides is 1. The van der Waals surface area contributed by atoms with Crippen molar-refractivity contribution in [3.63, 3.8) is 0 Å². The number of hydrogen-bond donors (Lipinski definition) is 0. The van der Waals surface area contributed by atoms with Crippen LogP contribution in [0.3, 0.4) is 0 Å². The van der Waals surface area contributed by atoms with Gasteiger partial charge >= 0.3 is 0 Å². The van der Waals surface area contributed by atoms with Crippen LogP contribution < -0.4 is 14.5 Å². The van der Waals surface area contributed by atoms with E-state index >= 15 is 0 Å². The quantitative estimate of drug-likeness (QED) is 0.190. The van der Waals surface area contributed by atoms with Crippen molar-refractivity contribution in [1.29, 1.82) is 5.26 Å². The SMILES string of the molecule is COc1ccc(N(C=O)c2ccncc2N(C)Cc2cc3cc(Cl)ccc3n2CCCC#N)c(C)c1. The molecule has 4 aromatic rings. The zero-order valence-corrected chi connectivity index (χ0v) is 21.4. The average Bonchev–Trinajstić information content (AvgIpc) is 3.21. The summed E-state index contributed by atoms with van der Waals surface area (Å²) >= 11 is 6.25. The van der Waals surface area contributed by atoms with E-state index in [4.69, 9.17) is 21.6 Å². The van der Waals surface area contributed by atoms with Gasteiger partial charge < -0.3 is 14.2 Å². The lowest BCUT2D eigenvalue weighted by atomic mass is 10.1. The number of ether oxygens (including phenoxy) is 1. The average molecular weight is 502 g/mol. The van der Waals surface area contributed by atoms with Crippen molar-refractivity contribution in [3.8, 4) is 11.8 Å². The zero-order valence-electron chi connectivity index (χ0n) is 20.6. The number of unbranched alkanes of at least 4 members (excludes halogenated alkanes) is 1. The molecule has 7 nitrogen and oxygen atoms in total. The molecule has 0 atom stereocenters. The second-order valence-electron chi connectivity index (χ2n) is 8.60. The first kappa shape index (κ1) is 25.1. The summed E-state index contributed by atoms with van der Waals surface area (Å²) in [7, 11) is 3.60. The molecular formula is C28H28ClN5O2. The Hall–Kier alpha value is -4.02. The summed E-state index contributed by atoms with van der Waals surface area (Å²) < 4.78 is 7.56. The van der Waals surface area contributed by atoms with Crippen molar-refractivity contribution >= 4 is 46.0 Å². The van der Waals surface area contributed by atoms with Crippen molar-refractivity contribution in [3.05, 3.63) is 77.2 Å². The summed E-state index contributed by atoms with van der Waals surface area (Å²) in [6, 6.07) is 17.7. The molecule has 0 saturated carbocycles. The number of aromatic nitrogens is 2. The van der Waals surface area contributed by atoms with Crippen molar-refractivity contribution in [2.24, 2.45) is 0 Å². The van der Waals surface area contributed by atoms with E-state index in [1.54, 1.807) is 24.4 Å². The van der Waals surface area contributed by atoms with Crippen LogP contribution in [-0.4, -0.2) is 30.1 Å². The summed E-state index contributed by atoms with van der Waals surface area (Å²) in [6.45, 7) is 3.25. The number of hydrogen-bond acceptors (Lipinski definition) is 5. The number of methoxy groups -OCH3 is 1. The summed E-state index contributed by atoms with van der Waals surface area (Å²) in [4.78, 5) is 20.4. The number of nitriles is 1. The van der Waals surface area contributed by atoms with Gasteiger partial charge in [0.15, 0.2) is 0 Å². The van der Waals surface area contributed by atoms with Crippen LogP contribution in [0.4, 0.5) is 17.1 Å². The fraction of sp³-hybridized carbons (Fsp3) is 0.250. The van der Waals surface area contributed by atoms with Gasteiger partial charge in [0.05, 0.1) is 43.0 Å². The summed E-state index contributed by atoms with van der Waals surface area (Å²) in [5.74, 6) is 0.735. The Kier molecular flexibility index (Phi) is 7.77. The first-order valence-corrected chi connectivity index (χ1v) is 12.0. The minimum absolute atomic E-state index is 0.491. The molecule has 0 aliphatic carbocycles. The number of carbonyl (C=O) groups is 1. The summed E-state index contributed by atoms with van der Waals surface area (Å²) in [6.07, 6.45) is 5.52. The van der Waals surface area contributed by atoms with Crippen LogP contribution in [0.1, 0.15) is 24.1 Å². The Labute approximate surface area is 216 Å². The second-order valence-corrected chi connectivity index (χ2v) is 9.04. The first-order chi connectivity index (χ1) is 17.5. The van der Waals surface area contributed by atoms with Crippen molar-refractivity contribution in [2.75, 3.05) is 24.0 Å².